The third-order valence-corrected chi connectivity index (χ3v) is 11.0. The molecule has 4 fully saturated rings. The molecule has 0 aromatic heterocycles. The van der Waals surface area contributed by atoms with Crippen molar-refractivity contribution in [1.29, 1.82) is 0 Å². The monoisotopic (exact) mass is 504 g/mol. The first kappa shape index (κ1) is 28.8. The number of nitrogens with one attached hydrogen (secondary N) is 6. The zero-order valence-corrected chi connectivity index (χ0v) is 25.1. The fourth-order valence-corrected chi connectivity index (χ4v) is 7.43. The number of hydrogen-bond acceptors (Lipinski definition) is 6. The molecule has 36 heavy (non-hydrogen) atoms. The molecule has 2 aliphatic heterocycles. The molecule has 2 saturated heterocycles. The molecular weight excluding hydrogens is 444 g/mol. The van der Waals surface area contributed by atoms with E-state index in [2.05, 4.69) is 87.3 Å². The van der Waals surface area contributed by atoms with Crippen LogP contribution in [0.1, 0.15) is 132 Å². The highest BCUT2D eigenvalue weighted by Gasteiger charge is 2.55. The summed E-state index contributed by atoms with van der Waals surface area (Å²) in [6.45, 7) is 21.1. The lowest BCUT2D eigenvalue weighted by molar-refractivity contribution is 0.183. The highest BCUT2D eigenvalue weighted by molar-refractivity contribution is 5.16. The van der Waals surface area contributed by atoms with Crippen LogP contribution in [-0.2, 0) is 0 Å². The van der Waals surface area contributed by atoms with Gasteiger partial charge in [-0.05, 0) is 133 Å². The first-order valence-electron chi connectivity index (χ1n) is 15.3. The van der Waals surface area contributed by atoms with Gasteiger partial charge in [-0.3, -0.25) is 21.3 Å². The van der Waals surface area contributed by atoms with Crippen LogP contribution in [0.3, 0.4) is 0 Å². The summed E-state index contributed by atoms with van der Waals surface area (Å²) < 4.78 is 0. The Morgan fingerprint density at radius 2 is 0.750 bits per heavy atom. The van der Waals surface area contributed by atoms with Crippen molar-refractivity contribution in [1.82, 2.24) is 31.9 Å². The van der Waals surface area contributed by atoms with Crippen molar-refractivity contribution in [3.63, 3.8) is 0 Å². The van der Waals surface area contributed by atoms with Gasteiger partial charge in [0.15, 0.2) is 0 Å². The van der Waals surface area contributed by atoms with Crippen LogP contribution in [0.4, 0.5) is 0 Å². The van der Waals surface area contributed by atoms with Gasteiger partial charge in [-0.1, -0.05) is 12.8 Å². The Hall–Kier alpha value is -0.240. The van der Waals surface area contributed by atoms with Crippen LogP contribution in [0.5, 0.6) is 0 Å². The predicted molar refractivity (Wildman–Crippen MR) is 153 cm³/mol. The smallest absolute Gasteiger partial charge is 0.0697 e. The van der Waals surface area contributed by atoms with E-state index in [0.717, 1.165) is 0 Å². The molecule has 0 aromatic rings. The SMILES string of the molecule is CC1(C)NC2(CCC(NCCCCCCNC3CCC4(CC3)NC(C)(C)C(C)(C)N4)CC2)NC1(C)C. The molecule has 0 amide bonds. The fraction of sp³-hybridized carbons (Fsp3) is 1.00. The maximum Gasteiger partial charge on any atom is 0.0697 e. The Bertz CT molecular complexity index is 628. The molecule has 6 nitrogen and oxygen atoms in total. The van der Waals surface area contributed by atoms with Gasteiger partial charge < -0.3 is 10.6 Å². The minimum atomic E-state index is 0.139. The number of unbranched alkanes of at least 4 members (excludes halogenated alkanes) is 3. The molecule has 0 aromatic carbocycles. The zero-order valence-electron chi connectivity index (χ0n) is 25.1. The molecule has 2 saturated carbocycles. The summed E-state index contributed by atoms with van der Waals surface area (Å²) in [5.41, 5.74) is 0.850. The van der Waals surface area contributed by atoms with Gasteiger partial charge in [0.05, 0.1) is 11.3 Å². The lowest BCUT2D eigenvalue weighted by atomic mass is 9.85. The molecular formula is C30H60N6. The van der Waals surface area contributed by atoms with Gasteiger partial charge in [-0.25, -0.2) is 0 Å². The maximum absolute atomic E-state index is 3.94. The molecule has 6 heteroatoms. The van der Waals surface area contributed by atoms with Crippen molar-refractivity contribution in [3.8, 4) is 0 Å². The summed E-state index contributed by atoms with van der Waals surface area (Å²) in [6, 6.07) is 1.39. The van der Waals surface area contributed by atoms with Crippen LogP contribution in [0.2, 0.25) is 0 Å². The van der Waals surface area contributed by atoms with E-state index in [0.29, 0.717) is 12.1 Å². The minimum absolute atomic E-state index is 0.139. The van der Waals surface area contributed by atoms with Crippen molar-refractivity contribution in [2.24, 2.45) is 0 Å². The quantitative estimate of drug-likeness (QED) is 0.260. The van der Waals surface area contributed by atoms with Gasteiger partial charge in [-0.2, -0.15) is 0 Å². The number of rotatable bonds is 9. The van der Waals surface area contributed by atoms with Crippen molar-refractivity contribution in [3.05, 3.63) is 0 Å². The lowest BCUT2D eigenvalue weighted by Crippen LogP contribution is -2.56. The highest BCUT2D eigenvalue weighted by Crippen LogP contribution is 2.40. The summed E-state index contributed by atoms with van der Waals surface area (Å²) in [5, 5.41) is 23.5. The van der Waals surface area contributed by atoms with Gasteiger partial charge in [-0.15, -0.1) is 0 Å². The van der Waals surface area contributed by atoms with Crippen LogP contribution in [0.25, 0.3) is 0 Å². The largest absolute Gasteiger partial charge is 0.314 e. The molecule has 4 aliphatic rings. The summed E-state index contributed by atoms with van der Waals surface area (Å²) in [5.74, 6) is 0. The highest BCUT2D eigenvalue weighted by atomic mass is 15.4. The van der Waals surface area contributed by atoms with Crippen LogP contribution in [0, 0.1) is 0 Å². The molecule has 0 radical (unpaired) electrons. The Labute approximate surface area is 223 Å². The average molecular weight is 505 g/mol. The van der Waals surface area contributed by atoms with Gasteiger partial charge in [0.25, 0.3) is 0 Å². The van der Waals surface area contributed by atoms with Gasteiger partial charge in [0.2, 0.25) is 0 Å². The second-order valence-corrected chi connectivity index (χ2v) is 15.0. The lowest BCUT2D eigenvalue weighted by Gasteiger charge is -2.39. The Morgan fingerprint density at radius 3 is 1.03 bits per heavy atom. The van der Waals surface area contributed by atoms with E-state index in [9.17, 15) is 0 Å². The summed E-state index contributed by atoms with van der Waals surface area (Å²) in [6.07, 6.45) is 15.3. The van der Waals surface area contributed by atoms with Crippen molar-refractivity contribution in [2.75, 3.05) is 13.1 Å². The second kappa shape index (κ2) is 10.4. The fourth-order valence-electron chi connectivity index (χ4n) is 7.43. The van der Waals surface area contributed by atoms with Crippen LogP contribution >= 0.6 is 0 Å². The minimum Gasteiger partial charge on any atom is -0.314 e. The molecule has 2 aliphatic carbocycles. The number of hydrogen-bond donors (Lipinski definition) is 6. The zero-order chi connectivity index (χ0) is 26.3. The normalized spacial score (nSPS) is 31.8. The van der Waals surface area contributed by atoms with Crippen molar-refractivity contribution in [2.45, 2.75) is 178 Å². The van der Waals surface area contributed by atoms with E-state index >= 15 is 0 Å². The standard InChI is InChI=1S/C30H60N6/c1-25(2)26(3,4)34-29(33-25)17-13-23(14-18-29)31-21-11-9-10-12-22-32-24-15-19-30(20-16-24)35-27(5,6)28(7,8)36-30/h23-24,31-36H,9-22H2,1-8H3. The molecule has 0 unspecified atom stereocenters. The maximum atomic E-state index is 3.94. The Kier molecular flexibility index (Phi) is 8.30. The van der Waals surface area contributed by atoms with E-state index in [1.54, 1.807) is 0 Å². The van der Waals surface area contributed by atoms with Crippen molar-refractivity contribution >= 4 is 0 Å². The molecule has 0 atom stereocenters. The van der Waals surface area contributed by atoms with E-state index in [-0.39, 0.29) is 33.5 Å². The van der Waals surface area contributed by atoms with Crippen LogP contribution < -0.4 is 31.9 Å². The van der Waals surface area contributed by atoms with Crippen LogP contribution in [0.15, 0.2) is 0 Å². The third-order valence-electron chi connectivity index (χ3n) is 11.0. The third kappa shape index (κ3) is 6.15. The second-order valence-electron chi connectivity index (χ2n) is 15.0. The van der Waals surface area contributed by atoms with Crippen LogP contribution in [-0.4, -0.2) is 58.7 Å². The Balaban J connectivity index is 1.01. The Morgan fingerprint density at radius 1 is 0.472 bits per heavy atom. The van der Waals surface area contributed by atoms with Gasteiger partial charge >= 0.3 is 0 Å². The van der Waals surface area contributed by atoms with Crippen molar-refractivity contribution < 1.29 is 0 Å². The average Bonchev–Trinajstić information content (AvgIpc) is 3.06. The molecule has 4 rings (SSSR count). The molecule has 210 valence electrons. The van der Waals surface area contributed by atoms with E-state index < -0.39 is 0 Å². The van der Waals surface area contributed by atoms with Gasteiger partial charge in [0.1, 0.15) is 0 Å². The first-order valence-corrected chi connectivity index (χ1v) is 15.3. The summed E-state index contributed by atoms with van der Waals surface area (Å²) >= 11 is 0. The topological polar surface area (TPSA) is 72.2 Å². The van der Waals surface area contributed by atoms with E-state index in [1.165, 1.54) is 90.1 Å². The molecule has 2 heterocycles. The van der Waals surface area contributed by atoms with Gasteiger partial charge in [0, 0.05) is 34.2 Å². The van der Waals surface area contributed by atoms with E-state index in [1.807, 2.05) is 0 Å². The molecule has 2 spiro atoms. The molecule has 6 N–H and O–H groups in total. The summed E-state index contributed by atoms with van der Waals surface area (Å²) in [7, 11) is 0. The summed E-state index contributed by atoms with van der Waals surface area (Å²) in [4.78, 5) is 0. The predicted octanol–water partition coefficient (Wildman–Crippen LogP) is 4.50. The van der Waals surface area contributed by atoms with E-state index in [4.69, 9.17) is 0 Å². The molecule has 0 bridgehead atoms. The first-order chi connectivity index (χ1) is 16.7.